The lowest BCUT2D eigenvalue weighted by molar-refractivity contribution is -0.133. The zero-order valence-corrected chi connectivity index (χ0v) is 13.1. The molecular formula is C17H17BrO2. The molecule has 3 rings (SSSR count). The Labute approximate surface area is 127 Å². The van der Waals surface area contributed by atoms with Gasteiger partial charge < -0.3 is 4.74 Å². The molecule has 0 radical (unpaired) electrons. The number of allylic oxidation sites excluding steroid dienone is 2. The summed E-state index contributed by atoms with van der Waals surface area (Å²) in [5.74, 6) is 0.883. The Morgan fingerprint density at radius 1 is 1.25 bits per heavy atom. The summed E-state index contributed by atoms with van der Waals surface area (Å²) in [6.45, 7) is 2.13. The molecule has 0 fully saturated rings. The Balaban J connectivity index is 1.89. The van der Waals surface area contributed by atoms with Crippen molar-refractivity contribution in [1.29, 1.82) is 0 Å². The summed E-state index contributed by atoms with van der Waals surface area (Å²) >= 11 is 3.49. The van der Waals surface area contributed by atoms with Crippen LogP contribution in [0.3, 0.4) is 0 Å². The Morgan fingerprint density at radius 2 is 2.00 bits per heavy atom. The second-order valence-corrected chi connectivity index (χ2v) is 6.34. The van der Waals surface area contributed by atoms with Crippen LogP contribution >= 0.6 is 15.9 Å². The molecule has 1 heterocycles. The molecule has 0 amide bonds. The van der Waals surface area contributed by atoms with E-state index < -0.39 is 0 Å². The molecule has 0 bridgehead atoms. The molecule has 0 saturated heterocycles. The van der Waals surface area contributed by atoms with E-state index in [-0.39, 0.29) is 11.9 Å². The lowest BCUT2D eigenvalue weighted by Gasteiger charge is -2.12. The highest BCUT2D eigenvalue weighted by atomic mass is 79.9. The van der Waals surface area contributed by atoms with Crippen LogP contribution in [0.4, 0.5) is 0 Å². The van der Waals surface area contributed by atoms with Crippen LogP contribution in [0.1, 0.15) is 44.1 Å². The molecule has 2 aliphatic rings. The number of carbonyl (C=O) groups excluding carboxylic acids is 1. The minimum absolute atomic E-state index is 0.132. The van der Waals surface area contributed by atoms with Crippen LogP contribution in [0.25, 0.3) is 0 Å². The van der Waals surface area contributed by atoms with Gasteiger partial charge in [-0.05, 0) is 49.5 Å². The average molecular weight is 333 g/mol. The number of benzene rings is 1. The van der Waals surface area contributed by atoms with E-state index in [0.717, 1.165) is 47.1 Å². The van der Waals surface area contributed by atoms with Gasteiger partial charge in [0.1, 0.15) is 5.76 Å². The number of ether oxygens (including phenoxy) is 1. The first-order chi connectivity index (χ1) is 9.65. The highest BCUT2D eigenvalue weighted by molar-refractivity contribution is 9.10. The highest BCUT2D eigenvalue weighted by Crippen LogP contribution is 2.38. The van der Waals surface area contributed by atoms with Gasteiger partial charge in [-0.1, -0.05) is 35.0 Å². The third-order valence-electron chi connectivity index (χ3n) is 3.99. The summed E-state index contributed by atoms with van der Waals surface area (Å²) in [6.07, 6.45) is 6.17. The average Bonchev–Trinajstić information content (AvgIpc) is 2.76. The molecule has 1 aliphatic carbocycles. The van der Waals surface area contributed by atoms with Crippen molar-refractivity contribution in [3.8, 4) is 0 Å². The van der Waals surface area contributed by atoms with E-state index in [1.807, 2.05) is 12.1 Å². The summed E-state index contributed by atoms with van der Waals surface area (Å²) in [7, 11) is 0. The summed E-state index contributed by atoms with van der Waals surface area (Å²) < 4.78 is 6.54. The largest absolute Gasteiger partial charge is 0.423 e. The van der Waals surface area contributed by atoms with Crippen LogP contribution in [0.5, 0.6) is 0 Å². The van der Waals surface area contributed by atoms with Gasteiger partial charge in [-0.25, -0.2) is 4.79 Å². The van der Waals surface area contributed by atoms with Gasteiger partial charge in [0.15, 0.2) is 0 Å². The molecule has 0 saturated carbocycles. The molecule has 0 N–H and O–H groups in total. The second kappa shape index (κ2) is 5.57. The van der Waals surface area contributed by atoms with Crippen LogP contribution in [-0.4, -0.2) is 5.97 Å². The molecule has 1 aliphatic heterocycles. The highest BCUT2D eigenvalue weighted by Gasteiger charge is 2.31. The standard InChI is InChI=1S/C17H17BrO2/c1-11(12-5-4-6-13(18)10-12)9-16-14-7-2-3-8-15(14)17(19)20-16/h4-6,9-11H,2-3,7-8H2,1H3/b16-9+. The topological polar surface area (TPSA) is 26.3 Å². The maximum Gasteiger partial charge on any atom is 0.339 e. The fourth-order valence-electron chi connectivity index (χ4n) is 2.87. The summed E-state index contributed by atoms with van der Waals surface area (Å²) in [4.78, 5) is 11.9. The molecule has 1 aromatic carbocycles. The molecule has 0 aromatic heterocycles. The van der Waals surface area contributed by atoms with Crippen molar-refractivity contribution in [3.05, 3.63) is 57.3 Å². The van der Waals surface area contributed by atoms with E-state index in [2.05, 4.69) is 41.1 Å². The predicted molar refractivity (Wildman–Crippen MR) is 82.2 cm³/mol. The first-order valence-electron chi connectivity index (χ1n) is 7.07. The second-order valence-electron chi connectivity index (χ2n) is 5.43. The van der Waals surface area contributed by atoms with Gasteiger partial charge >= 0.3 is 5.97 Å². The first kappa shape index (κ1) is 13.6. The van der Waals surface area contributed by atoms with Crippen molar-refractivity contribution in [1.82, 2.24) is 0 Å². The molecule has 104 valence electrons. The fraction of sp³-hybridized carbons (Fsp3) is 0.353. The zero-order valence-electron chi connectivity index (χ0n) is 11.5. The van der Waals surface area contributed by atoms with Crippen LogP contribution < -0.4 is 0 Å². The van der Waals surface area contributed by atoms with Crippen LogP contribution in [0.2, 0.25) is 0 Å². The Morgan fingerprint density at radius 3 is 2.75 bits per heavy atom. The van der Waals surface area contributed by atoms with E-state index in [1.165, 1.54) is 5.56 Å². The molecule has 1 aromatic rings. The van der Waals surface area contributed by atoms with E-state index >= 15 is 0 Å². The van der Waals surface area contributed by atoms with Gasteiger partial charge in [-0.15, -0.1) is 0 Å². The Bertz CT molecular complexity index is 613. The van der Waals surface area contributed by atoms with E-state index in [4.69, 9.17) is 4.74 Å². The number of esters is 1. The summed E-state index contributed by atoms with van der Waals surface area (Å²) in [5.41, 5.74) is 3.26. The monoisotopic (exact) mass is 332 g/mol. The third kappa shape index (κ3) is 2.59. The van der Waals surface area contributed by atoms with E-state index in [1.54, 1.807) is 0 Å². The smallest absolute Gasteiger partial charge is 0.339 e. The zero-order chi connectivity index (χ0) is 14.1. The number of hydrogen-bond acceptors (Lipinski definition) is 2. The van der Waals surface area contributed by atoms with Gasteiger partial charge in [0.05, 0.1) is 0 Å². The number of hydrogen-bond donors (Lipinski definition) is 0. The number of carbonyl (C=O) groups is 1. The lowest BCUT2D eigenvalue weighted by atomic mass is 9.90. The van der Waals surface area contributed by atoms with Crippen molar-refractivity contribution in [2.45, 2.75) is 38.5 Å². The first-order valence-corrected chi connectivity index (χ1v) is 7.86. The predicted octanol–water partition coefficient (Wildman–Crippen LogP) is 4.86. The molecule has 20 heavy (non-hydrogen) atoms. The van der Waals surface area contributed by atoms with Crippen molar-refractivity contribution in [2.24, 2.45) is 0 Å². The van der Waals surface area contributed by atoms with Crippen LogP contribution in [-0.2, 0) is 9.53 Å². The summed E-state index contributed by atoms with van der Waals surface area (Å²) in [6, 6.07) is 8.25. The number of cyclic esters (lactones) is 1. The molecule has 1 unspecified atom stereocenters. The Kier molecular flexibility index (Phi) is 3.79. The SMILES string of the molecule is CC(/C=C1/OC(=O)C2=C1CCCC2)c1cccc(Br)c1. The number of halogens is 1. The quantitative estimate of drug-likeness (QED) is 0.722. The maximum atomic E-state index is 11.9. The Hall–Kier alpha value is -1.35. The van der Waals surface area contributed by atoms with Crippen molar-refractivity contribution in [2.75, 3.05) is 0 Å². The fourth-order valence-corrected chi connectivity index (χ4v) is 3.29. The molecular weight excluding hydrogens is 316 g/mol. The van der Waals surface area contributed by atoms with Gasteiger partial charge in [0, 0.05) is 21.5 Å². The molecule has 3 heteroatoms. The summed E-state index contributed by atoms with van der Waals surface area (Å²) in [5, 5.41) is 0. The third-order valence-corrected chi connectivity index (χ3v) is 4.48. The normalized spacial score (nSPS) is 21.9. The minimum atomic E-state index is -0.132. The molecule has 2 nitrogen and oxygen atoms in total. The number of rotatable bonds is 2. The van der Waals surface area contributed by atoms with E-state index in [0.29, 0.717) is 0 Å². The van der Waals surface area contributed by atoms with Gasteiger partial charge in [0.2, 0.25) is 0 Å². The van der Waals surface area contributed by atoms with Crippen LogP contribution in [0, 0.1) is 0 Å². The van der Waals surface area contributed by atoms with Gasteiger partial charge in [-0.3, -0.25) is 0 Å². The van der Waals surface area contributed by atoms with Gasteiger partial charge in [0.25, 0.3) is 0 Å². The molecule has 1 atom stereocenters. The molecule has 0 spiro atoms. The maximum absolute atomic E-state index is 11.9. The van der Waals surface area contributed by atoms with Crippen LogP contribution in [0.15, 0.2) is 51.7 Å². The van der Waals surface area contributed by atoms with E-state index in [9.17, 15) is 4.79 Å². The van der Waals surface area contributed by atoms with Gasteiger partial charge in [-0.2, -0.15) is 0 Å². The van der Waals surface area contributed by atoms with Crippen molar-refractivity contribution < 1.29 is 9.53 Å². The lowest BCUT2D eigenvalue weighted by Crippen LogP contribution is -2.01. The van der Waals surface area contributed by atoms with Crippen molar-refractivity contribution in [3.63, 3.8) is 0 Å². The minimum Gasteiger partial charge on any atom is -0.423 e. The van der Waals surface area contributed by atoms with Crippen molar-refractivity contribution >= 4 is 21.9 Å².